The zero-order valence-corrected chi connectivity index (χ0v) is 14.8. The van der Waals surface area contributed by atoms with Crippen LogP contribution >= 0.6 is 22.9 Å². The second-order valence-corrected chi connectivity index (χ2v) is 7.05. The summed E-state index contributed by atoms with van der Waals surface area (Å²) in [5, 5.41) is 10.00. The molecule has 0 radical (unpaired) electrons. The number of carboxylic acids is 1. The van der Waals surface area contributed by atoms with E-state index in [2.05, 4.69) is 16.0 Å². The van der Waals surface area contributed by atoms with Crippen LogP contribution in [0, 0.1) is 0 Å². The molecule has 0 fully saturated rings. The van der Waals surface area contributed by atoms with Crippen LogP contribution in [0.15, 0.2) is 36.2 Å². The highest BCUT2D eigenvalue weighted by Gasteiger charge is 2.17. The molecule has 1 aliphatic carbocycles. The Morgan fingerprint density at radius 1 is 1.40 bits per heavy atom. The molecule has 0 saturated heterocycles. The van der Waals surface area contributed by atoms with Crippen LogP contribution in [0.3, 0.4) is 0 Å². The molecular formula is C17H13ClN4O2S. The van der Waals surface area contributed by atoms with Gasteiger partial charge in [-0.1, -0.05) is 35.1 Å². The van der Waals surface area contributed by atoms with Crippen LogP contribution in [0.1, 0.15) is 17.8 Å². The zero-order valence-electron chi connectivity index (χ0n) is 13.2. The second-order valence-electron chi connectivity index (χ2n) is 5.72. The number of thiazole rings is 1. The van der Waals surface area contributed by atoms with Crippen molar-refractivity contribution in [2.45, 2.75) is 12.8 Å². The number of rotatable bonds is 3. The maximum Gasteiger partial charge on any atom is 0.328 e. The van der Waals surface area contributed by atoms with Crippen LogP contribution in [0.25, 0.3) is 27.0 Å². The molecule has 25 heavy (non-hydrogen) atoms. The van der Waals surface area contributed by atoms with Crippen molar-refractivity contribution in [3.05, 3.63) is 46.4 Å². The molecule has 0 aromatic carbocycles. The number of halogens is 1. The third-order valence-electron chi connectivity index (χ3n) is 3.99. The number of fused-ring (bicyclic) bond motifs is 3. The standard InChI is InChI=1S/C17H13ClN4O2S/c1-22-8-19-12-14(22)13-17(21-15(12)18)25-16(20-13)10-4-2-3-9(7-10)5-6-11(23)24/h4-8H,2-3H2,1H3,(H,23,24)/b6-5+. The van der Waals surface area contributed by atoms with Crippen molar-refractivity contribution in [3.8, 4) is 0 Å². The monoisotopic (exact) mass is 372 g/mol. The number of carboxylic acid groups (broad SMARTS) is 1. The number of hydrogen-bond acceptors (Lipinski definition) is 5. The first-order valence-corrected chi connectivity index (χ1v) is 8.81. The average Bonchev–Trinajstić information content (AvgIpc) is 3.17. The molecule has 1 aliphatic rings. The third kappa shape index (κ3) is 2.85. The van der Waals surface area contributed by atoms with Gasteiger partial charge in [0, 0.05) is 18.7 Å². The lowest BCUT2D eigenvalue weighted by atomic mass is 9.99. The van der Waals surface area contributed by atoms with E-state index in [1.165, 1.54) is 11.3 Å². The Kier molecular flexibility index (Phi) is 3.89. The fraction of sp³-hybridized carbons (Fsp3) is 0.176. The summed E-state index contributed by atoms with van der Waals surface area (Å²) < 4.78 is 1.89. The van der Waals surface area contributed by atoms with Crippen molar-refractivity contribution in [1.29, 1.82) is 0 Å². The Morgan fingerprint density at radius 3 is 3.04 bits per heavy atom. The van der Waals surface area contributed by atoms with E-state index in [0.717, 1.165) is 50.9 Å². The molecule has 3 aromatic heterocycles. The van der Waals surface area contributed by atoms with Crippen molar-refractivity contribution in [1.82, 2.24) is 19.5 Å². The van der Waals surface area contributed by atoms with Gasteiger partial charge in [-0.15, -0.1) is 0 Å². The van der Waals surface area contributed by atoms with Crippen molar-refractivity contribution in [2.24, 2.45) is 7.05 Å². The van der Waals surface area contributed by atoms with Gasteiger partial charge in [0.15, 0.2) is 5.15 Å². The summed E-state index contributed by atoms with van der Waals surface area (Å²) in [5.41, 5.74) is 4.24. The first-order valence-electron chi connectivity index (χ1n) is 7.62. The van der Waals surface area contributed by atoms with E-state index in [1.54, 1.807) is 12.4 Å². The summed E-state index contributed by atoms with van der Waals surface area (Å²) >= 11 is 7.71. The quantitative estimate of drug-likeness (QED) is 0.555. The number of imidazole rings is 1. The number of pyridine rings is 1. The van der Waals surface area contributed by atoms with Gasteiger partial charge in [-0.3, -0.25) is 0 Å². The molecular weight excluding hydrogens is 360 g/mol. The Balaban J connectivity index is 1.82. The average molecular weight is 373 g/mol. The van der Waals surface area contributed by atoms with E-state index in [4.69, 9.17) is 21.7 Å². The summed E-state index contributed by atoms with van der Waals surface area (Å²) in [5.74, 6) is -0.950. The van der Waals surface area contributed by atoms with Crippen molar-refractivity contribution < 1.29 is 9.90 Å². The molecule has 0 bridgehead atoms. The Labute approximate surface area is 151 Å². The SMILES string of the molecule is Cn1cnc2c(Cl)nc3sc(C4=CCCC(/C=C/C(=O)O)=C4)nc3c21. The van der Waals surface area contributed by atoms with Crippen molar-refractivity contribution in [3.63, 3.8) is 0 Å². The number of carbonyl (C=O) groups is 1. The van der Waals surface area contributed by atoms with Gasteiger partial charge in [0.05, 0.1) is 6.33 Å². The lowest BCUT2D eigenvalue weighted by Gasteiger charge is -2.08. The molecule has 3 aromatic rings. The molecule has 4 rings (SSSR count). The van der Waals surface area contributed by atoms with E-state index in [1.807, 2.05) is 17.7 Å². The second kappa shape index (κ2) is 6.09. The number of aromatic nitrogens is 4. The van der Waals surface area contributed by atoms with Crippen molar-refractivity contribution in [2.75, 3.05) is 0 Å². The highest BCUT2D eigenvalue weighted by Crippen LogP contribution is 2.35. The van der Waals surface area contributed by atoms with Crippen LogP contribution in [0.2, 0.25) is 5.15 Å². The molecule has 0 spiro atoms. The Bertz CT molecular complexity index is 1110. The van der Waals surface area contributed by atoms with Crippen molar-refractivity contribution >= 4 is 55.9 Å². The van der Waals surface area contributed by atoms with Crippen LogP contribution in [-0.2, 0) is 11.8 Å². The molecule has 0 aliphatic heterocycles. The number of aliphatic carboxylic acids is 1. The minimum atomic E-state index is -0.950. The number of aryl methyl sites for hydroxylation is 1. The van der Waals surface area contributed by atoms with Crippen LogP contribution in [0.4, 0.5) is 0 Å². The van der Waals surface area contributed by atoms with Gasteiger partial charge in [-0.2, -0.15) is 0 Å². The van der Waals surface area contributed by atoms with Crippen LogP contribution < -0.4 is 0 Å². The van der Waals surface area contributed by atoms with Crippen LogP contribution in [0.5, 0.6) is 0 Å². The molecule has 1 N–H and O–H groups in total. The summed E-state index contributed by atoms with van der Waals surface area (Å²) in [7, 11) is 1.90. The summed E-state index contributed by atoms with van der Waals surface area (Å²) in [6.45, 7) is 0. The molecule has 0 unspecified atom stereocenters. The minimum absolute atomic E-state index is 0.372. The molecule has 0 saturated carbocycles. The first-order chi connectivity index (χ1) is 12.0. The summed E-state index contributed by atoms with van der Waals surface area (Å²) in [6, 6.07) is 0. The van der Waals surface area contributed by atoms with Gasteiger partial charge in [0.25, 0.3) is 0 Å². The Morgan fingerprint density at radius 2 is 2.24 bits per heavy atom. The smallest absolute Gasteiger partial charge is 0.328 e. The minimum Gasteiger partial charge on any atom is -0.478 e. The lowest BCUT2D eigenvalue weighted by Crippen LogP contribution is -1.93. The Hall–Kier alpha value is -2.51. The van der Waals surface area contributed by atoms with Gasteiger partial charge in [0.1, 0.15) is 26.4 Å². The molecule has 8 heteroatoms. The molecule has 3 heterocycles. The maximum atomic E-state index is 10.7. The number of allylic oxidation sites excluding steroid dienone is 5. The van der Waals surface area contributed by atoms with Gasteiger partial charge < -0.3 is 9.67 Å². The zero-order chi connectivity index (χ0) is 17.6. The fourth-order valence-electron chi connectivity index (χ4n) is 2.85. The lowest BCUT2D eigenvalue weighted by molar-refractivity contribution is -0.131. The van der Waals surface area contributed by atoms with E-state index >= 15 is 0 Å². The first kappa shape index (κ1) is 16.0. The van der Waals surface area contributed by atoms with E-state index in [9.17, 15) is 4.79 Å². The molecule has 0 atom stereocenters. The van der Waals surface area contributed by atoms with E-state index in [-0.39, 0.29) is 0 Å². The predicted octanol–water partition coefficient (Wildman–Crippen LogP) is 3.98. The number of nitrogens with zero attached hydrogens (tertiary/aromatic N) is 4. The van der Waals surface area contributed by atoms with Gasteiger partial charge in [-0.05, 0) is 24.5 Å². The highest BCUT2D eigenvalue weighted by molar-refractivity contribution is 7.19. The fourth-order valence-corrected chi connectivity index (χ4v) is 4.08. The predicted molar refractivity (Wildman–Crippen MR) is 98.8 cm³/mol. The normalized spacial score (nSPS) is 15.1. The van der Waals surface area contributed by atoms with E-state index in [0.29, 0.717) is 10.7 Å². The maximum absolute atomic E-state index is 10.7. The van der Waals surface area contributed by atoms with Gasteiger partial charge in [-0.25, -0.2) is 19.7 Å². The van der Waals surface area contributed by atoms with Gasteiger partial charge >= 0.3 is 5.97 Å². The van der Waals surface area contributed by atoms with E-state index < -0.39 is 5.97 Å². The largest absolute Gasteiger partial charge is 0.478 e. The third-order valence-corrected chi connectivity index (χ3v) is 5.25. The molecule has 0 amide bonds. The topological polar surface area (TPSA) is 80.9 Å². The molecule has 6 nitrogen and oxygen atoms in total. The highest BCUT2D eigenvalue weighted by atomic mass is 35.5. The number of hydrogen-bond donors (Lipinski definition) is 1. The molecule has 126 valence electrons. The van der Waals surface area contributed by atoms with Crippen LogP contribution in [-0.4, -0.2) is 30.6 Å². The van der Waals surface area contributed by atoms with Gasteiger partial charge in [0.2, 0.25) is 0 Å². The summed E-state index contributed by atoms with van der Waals surface area (Å²) in [4.78, 5) is 24.9. The summed E-state index contributed by atoms with van der Waals surface area (Å²) in [6.07, 6.45) is 10.2.